The van der Waals surface area contributed by atoms with Gasteiger partial charge in [0.15, 0.2) is 0 Å². The molecule has 1 saturated carbocycles. The lowest BCUT2D eigenvalue weighted by Gasteiger charge is -2.52. The van der Waals surface area contributed by atoms with Crippen LogP contribution in [0.2, 0.25) is 0 Å². The van der Waals surface area contributed by atoms with Crippen LogP contribution < -0.4 is 5.32 Å². The fourth-order valence-corrected chi connectivity index (χ4v) is 6.65. The Morgan fingerprint density at radius 3 is 2.29 bits per heavy atom. The second kappa shape index (κ2) is 14.3. The molecule has 0 bridgehead atoms. The molecule has 2 amide bonds. The summed E-state index contributed by atoms with van der Waals surface area (Å²) in [5.41, 5.74) is 2.78. The molecule has 0 radical (unpaired) electrons. The molecular weight excluding hydrogens is 525 g/mol. The van der Waals surface area contributed by atoms with Gasteiger partial charge in [0.05, 0.1) is 11.8 Å². The molecule has 1 aromatic rings. The summed E-state index contributed by atoms with van der Waals surface area (Å²) in [6, 6.07) is -0.809. The molecule has 2 atom stereocenters. The fourth-order valence-electron chi connectivity index (χ4n) is 6.65. The van der Waals surface area contributed by atoms with Crippen molar-refractivity contribution in [3.63, 3.8) is 0 Å². The van der Waals surface area contributed by atoms with E-state index in [4.69, 9.17) is 5.10 Å². The average Bonchev–Trinajstić information content (AvgIpc) is 3.15. The van der Waals surface area contributed by atoms with E-state index in [1.165, 1.54) is 17.7 Å². The number of unbranched alkanes of at least 4 members (excludes halogenated alkanes) is 1. The van der Waals surface area contributed by atoms with Gasteiger partial charge >= 0.3 is 0 Å². The number of carbonyl (C=O) groups excluding carboxylic acids is 2. The predicted octanol–water partition coefficient (Wildman–Crippen LogP) is 4.16. The number of aryl methyl sites for hydroxylation is 2. The molecule has 3 fully saturated rings. The zero-order chi connectivity index (χ0) is 25.9. The summed E-state index contributed by atoms with van der Waals surface area (Å²) in [5.74, 6) is -0.0556. The second-order valence-corrected chi connectivity index (χ2v) is 11.4. The lowest BCUT2D eigenvalue weighted by molar-refractivity contribution is -0.166. The quantitative estimate of drug-likeness (QED) is 0.463. The van der Waals surface area contributed by atoms with Crippen molar-refractivity contribution in [3.8, 4) is 0 Å². The number of piperazine rings is 1. The number of nitrogens with one attached hydrogen (secondary N) is 1. The highest BCUT2D eigenvalue weighted by Crippen LogP contribution is 2.36. The van der Waals surface area contributed by atoms with Crippen molar-refractivity contribution in [1.82, 2.24) is 24.9 Å². The van der Waals surface area contributed by atoms with E-state index < -0.39 is 17.7 Å². The molecule has 3 aliphatic rings. The zero-order valence-corrected chi connectivity index (χ0v) is 25.3. The summed E-state index contributed by atoms with van der Waals surface area (Å²) >= 11 is 0. The number of hydrogen-bond donors (Lipinski definition) is 2. The number of aromatic nitrogens is 2. The SMILES string of the molecule is CCCCN1C(=O)[C@@H]([C@H](O)C2CCCCC2)NC(=O)C12CCN(Cc1c(C)nn(CCC)c1C)CC2.Cl.Cl. The molecular formula is C28H49Cl2N5O3. The van der Waals surface area contributed by atoms with Gasteiger partial charge in [0, 0.05) is 44.0 Å². The van der Waals surface area contributed by atoms with Gasteiger partial charge in [-0.25, -0.2) is 0 Å². The van der Waals surface area contributed by atoms with Gasteiger partial charge in [-0.05, 0) is 58.3 Å². The summed E-state index contributed by atoms with van der Waals surface area (Å²) in [5, 5.41) is 18.9. The first kappa shape index (κ1) is 32.9. The Labute approximate surface area is 241 Å². The maximum atomic E-state index is 13.8. The molecule has 10 heteroatoms. The van der Waals surface area contributed by atoms with Crippen molar-refractivity contribution in [2.75, 3.05) is 19.6 Å². The van der Waals surface area contributed by atoms with Crippen molar-refractivity contribution >= 4 is 36.6 Å². The van der Waals surface area contributed by atoms with Gasteiger partial charge in [-0.1, -0.05) is 39.5 Å². The van der Waals surface area contributed by atoms with Crippen LogP contribution >= 0.6 is 24.8 Å². The Kier molecular flexibility index (Phi) is 12.4. The van der Waals surface area contributed by atoms with Crippen LogP contribution in [-0.4, -0.2) is 73.8 Å². The molecule has 218 valence electrons. The average molecular weight is 575 g/mol. The van der Waals surface area contributed by atoms with Gasteiger partial charge in [-0.15, -0.1) is 24.8 Å². The topological polar surface area (TPSA) is 90.7 Å². The highest BCUT2D eigenvalue weighted by molar-refractivity contribution is 6.00. The highest BCUT2D eigenvalue weighted by atomic mass is 35.5. The molecule has 4 rings (SSSR count). The molecule has 1 aromatic heterocycles. The van der Waals surface area contributed by atoms with Crippen LogP contribution in [0.3, 0.4) is 0 Å². The highest BCUT2D eigenvalue weighted by Gasteiger charge is 2.55. The maximum Gasteiger partial charge on any atom is 0.248 e. The van der Waals surface area contributed by atoms with Gasteiger partial charge < -0.3 is 15.3 Å². The summed E-state index contributed by atoms with van der Waals surface area (Å²) in [7, 11) is 0. The smallest absolute Gasteiger partial charge is 0.248 e. The largest absolute Gasteiger partial charge is 0.390 e. The molecule has 3 heterocycles. The van der Waals surface area contributed by atoms with Crippen molar-refractivity contribution in [2.24, 2.45) is 5.92 Å². The number of aliphatic hydroxyl groups is 1. The normalized spacial score (nSPS) is 23.1. The number of nitrogens with zero attached hydrogens (tertiary/aromatic N) is 4. The second-order valence-electron chi connectivity index (χ2n) is 11.4. The minimum atomic E-state index is -0.809. The van der Waals surface area contributed by atoms with Gasteiger partial charge in [-0.3, -0.25) is 19.2 Å². The van der Waals surface area contributed by atoms with Crippen LogP contribution in [-0.2, 0) is 22.7 Å². The summed E-state index contributed by atoms with van der Waals surface area (Å²) < 4.78 is 2.10. The molecule has 1 spiro atoms. The molecule has 0 unspecified atom stereocenters. The third-order valence-electron chi connectivity index (χ3n) is 9.00. The Hall–Kier alpha value is -1.35. The van der Waals surface area contributed by atoms with E-state index in [2.05, 4.69) is 42.6 Å². The Bertz CT molecular complexity index is 926. The first-order chi connectivity index (χ1) is 17.3. The summed E-state index contributed by atoms with van der Waals surface area (Å²) in [6.45, 7) is 12.4. The minimum Gasteiger partial charge on any atom is -0.390 e. The van der Waals surface area contributed by atoms with Gasteiger partial charge in [-0.2, -0.15) is 5.10 Å². The van der Waals surface area contributed by atoms with Gasteiger partial charge in [0.2, 0.25) is 11.8 Å². The van der Waals surface area contributed by atoms with E-state index in [-0.39, 0.29) is 42.5 Å². The van der Waals surface area contributed by atoms with Crippen molar-refractivity contribution < 1.29 is 14.7 Å². The monoisotopic (exact) mass is 573 g/mol. The number of halogens is 2. The third kappa shape index (κ3) is 6.51. The molecule has 1 aliphatic carbocycles. The number of likely N-dealkylation sites (tertiary alicyclic amines) is 1. The summed E-state index contributed by atoms with van der Waals surface area (Å²) in [4.78, 5) is 31.7. The third-order valence-corrected chi connectivity index (χ3v) is 9.00. The fraction of sp³-hybridized carbons (Fsp3) is 0.821. The standard InChI is InChI=1S/C28H47N5O3.2ClH/c1-5-7-16-32-26(35)24(25(34)22-11-9-8-10-12-22)29-27(36)28(32)13-17-31(18-14-28)19-23-20(3)30-33(15-6-2)21(23)4;;/h22,24-25,34H,5-19H2,1-4H3,(H,29,36);2*1H/t24-,25-;;/m1../s1. The molecule has 2 saturated heterocycles. The Morgan fingerprint density at radius 2 is 1.68 bits per heavy atom. The Balaban J connectivity index is 0.00000253. The minimum absolute atomic E-state index is 0. The van der Waals surface area contributed by atoms with E-state index in [9.17, 15) is 14.7 Å². The van der Waals surface area contributed by atoms with Crippen LogP contribution in [0.15, 0.2) is 0 Å². The van der Waals surface area contributed by atoms with Crippen LogP contribution in [0.1, 0.15) is 95.0 Å². The van der Waals surface area contributed by atoms with Gasteiger partial charge in [0.25, 0.3) is 0 Å². The van der Waals surface area contributed by atoms with Crippen molar-refractivity contribution in [2.45, 2.75) is 123 Å². The van der Waals surface area contributed by atoms with E-state index in [1.807, 2.05) is 4.90 Å². The zero-order valence-electron chi connectivity index (χ0n) is 23.7. The molecule has 0 aromatic carbocycles. The van der Waals surface area contributed by atoms with Crippen LogP contribution in [0, 0.1) is 19.8 Å². The predicted molar refractivity (Wildman–Crippen MR) is 155 cm³/mol. The van der Waals surface area contributed by atoms with E-state index >= 15 is 0 Å². The number of rotatable bonds is 9. The first-order valence-corrected chi connectivity index (χ1v) is 14.4. The Morgan fingerprint density at radius 1 is 1.03 bits per heavy atom. The lowest BCUT2D eigenvalue weighted by atomic mass is 9.78. The number of amides is 2. The summed E-state index contributed by atoms with van der Waals surface area (Å²) in [6.07, 6.45) is 8.58. The van der Waals surface area contributed by atoms with Crippen molar-refractivity contribution in [1.29, 1.82) is 0 Å². The first-order valence-electron chi connectivity index (χ1n) is 14.4. The van der Waals surface area contributed by atoms with Crippen molar-refractivity contribution in [3.05, 3.63) is 17.0 Å². The van der Waals surface area contributed by atoms with Crippen LogP contribution in [0.25, 0.3) is 0 Å². The number of hydrogen-bond acceptors (Lipinski definition) is 5. The van der Waals surface area contributed by atoms with E-state index in [0.29, 0.717) is 19.4 Å². The maximum absolute atomic E-state index is 13.8. The molecule has 2 N–H and O–H groups in total. The number of carbonyl (C=O) groups is 2. The van der Waals surface area contributed by atoms with Crippen LogP contribution in [0.4, 0.5) is 0 Å². The lowest BCUT2D eigenvalue weighted by Crippen LogP contribution is -2.75. The molecule has 2 aliphatic heterocycles. The number of piperidine rings is 1. The van der Waals surface area contributed by atoms with Crippen LogP contribution in [0.5, 0.6) is 0 Å². The molecule has 8 nitrogen and oxygen atoms in total. The van der Waals surface area contributed by atoms with E-state index in [1.54, 1.807) is 0 Å². The van der Waals surface area contributed by atoms with E-state index in [0.717, 1.165) is 76.8 Å². The number of aliphatic hydroxyl groups excluding tert-OH is 1. The van der Waals surface area contributed by atoms with Gasteiger partial charge in [0.1, 0.15) is 11.6 Å². The molecule has 38 heavy (non-hydrogen) atoms.